The zero-order valence-corrected chi connectivity index (χ0v) is 18.9. The minimum atomic E-state index is 0.423. The van der Waals surface area contributed by atoms with Gasteiger partial charge in [-0.3, -0.25) is 0 Å². The number of rotatable bonds is 2. The van der Waals surface area contributed by atoms with Gasteiger partial charge in [-0.2, -0.15) is 5.26 Å². The molecule has 0 N–H and O–H groups in total. The van der Waals surface area contributed by atoms with Crippen molar-refractivity contribution >= 4 is 53.3 Å². The second-order valence-corrected chi connectivity index (χ2v) is 9.41. The van der Waals surface area contributed by atoms with Gasteiger partial charge in [-0.15, -0.1) is 11.3 Å². The number of fused-ring (bicyclic) bond motifs is 7. The molecule has 0 aliphatic carbocycles. The molecule has 4 heteroatoms. The number of hydrogen-bond acceptors (Lipinski definition) is 3. The number of para-hydroxylation sites is 1. The van der Waals surface area contributed by atoms with Crippen molar-refractivity contribution in [2.75, 3.05) is 0 Å². The Kier molecular flexibility index (Phi) is 4.08. The lowest BCUT2D eigenvalue weighted by atomic mass is 10.1. The van der Waals surface area contributed by atoms with Crippen LogP contribution in [0.25, 0.3) is 58.9 Å². The van der Waals surface area contributed by atoms with Crippen molar-refractivity contribution in [3.8, 4) is 23.0 Å². The number of hydrogen-bond donors (Lipinski definition) is 0. The molecule has 7 aromatic rings. The summed E-state index contributed by atoms with van der Waals surface area (Å²) in [7, 11) is 0. The zero-order valence-electron chi connectivity index (χ0n) is 18.1. The van der Waals surface area contributed by atoms with E-state index in [0.717, 1.165) is 16.9 Å². The molecule has 7 rings (SSSR count). The monoisotopic (exact) mass is 451 g/mol. The molecular formula is C30H17N3S. The lowest BCUT2D eigenvalue weighted by Gasteiger charge is -2.10. The van der Waals surface area contributed by atoms with Gasteiger partial charge in [0.25, 0.3) is 0 Å². The topological polar surface area (TPSA) is 41.6 Å². The molecule has 0 aliphatic rings. The summed E-state index contributed by atoms with van der Waals surface area (Å²) in [6, 6.07) is 37.9. The highest BCUT2D eigenvalue weighted by Crippen LogP contribution is 2.43. The van der Waals surface area contributed by atoms with E-state index in [1.165, 1.54) is 42.0 Å². The van der Waals surface area contributed by atoms with E-state index in [-0.39, 0.29) is 0 Å². The molecule has 0 bridgehead atoms. The van der Waals surface area contributed by atoms with E-state index in [0.29, 0.717) is 5.69 Å². The molecule has 158 valence electrons. The summed E-state index contributed by atoms with van der Waals surface area (Å²) >= 11 is 1.86. The van der Waals surface area contributed by atoms with Gasteiger partial charge < -0.3 is 4.57 Å². The summed E-state index contributed by atoms with van der Waals surface area (Å²) in [5.74, 6) is 0. The molecule has 3 heterocycles. The number of benzene rings is 4. The lowest BCUT2D eigenvalue weighted by molar-refractivity contribution is 1.18. The van der Waals surface area contributed by atoms with Gasteiger partial charge in [0, 0.05) is 42.2 Å². The van der Waals surface area contributed by atoms with Crippen LogP contribution in [0, 0.1) is 11.3 Å². The smallest absolute Gasteiger partial charge is 0.141 e. The number of nitrogens with zero attached hydrogens (tertiary/aromatic N) is 3. The summed E-state index contributed by atoms with van der Waals surface area (Å²) in [4.78, 5) is 4.51. The third-order valence-electron chi connectivity index (χ3n) is 6.44. The predicted molar refractivity (Wildman–Crippen MR) is 142 cm³/mol. The highest BCUT2D eigenvalue weighted by atomic mass is 32.1. The maximum atomic E-state index is 9.27. The first kappa shape index (κ1) is 19.0. The van der Waals surface area contributed by atoms with E-state index in [9.17, 15) is 5.26 Å². The molecule has 0 atom stereocenters. The minimum Gasteiger partial charge on any atom is -0.309 e. The van der Waals surface area contributed by atoms with Gasteiger partial charge in [0.15, 0.2) is 0 Å². The molecule has 0 unspecified atom stereocenters. The largest absolute Gasteiger partial charge is 0.309 e. The Labute approximate surface area is 199 Å². The number of pyridine rings is 1. The normalized spacial score (nSPS) is 11.5. The molecule has 0 saturated heterocycles. The molecule has 4 aromatic carbocycles. The quantitative estimate of drug-likeness (QED) is 0.266. The molecule has 3 nitrogen and oxygen atoms in total. The van der Waals surface area contributed by atoms with E-state index in [1.807, 2.05) is 29.5 Å². The van der Waals surface area contributed by atoms with Crippen molar-refractivity contribution in [1.82, 2.24) is 9.55 Å². The molecule has 0 amide bonds. The molecule has 34 heavy (non-hydrogen) atoms. The van der Waals surface area contributed by atoms with Crippen LogP contribution < -0.4 is 0 Å². The molecule has 3 aromatic heterocycles. The average molecular weight is 452 g/mol. The van der Waals surface area contributed by atoms with E-state index >= 15 is 0 Å². The van der Waals surface area contributed by atoms with Gasteiger partial charge in [-0.05, 0) is 42.5 Å². The van der Waals surface area contributed by atoms with Gasteiger partial charge in [-0.1, -0.05) is 60.7 Å². The highest BCUT2D eigenvalue weighted by molar-refractivity contribution is 7.26. The van der Waals surface area contributed by atoms with Gasteiger partial charge in [0.2, 0.25) is 0 Å². The van der Waals surface area contributed by atoms with Crippen molar-refractivity contribution in [3.63, 3.8) is 0 Å². The Bertz CT molecular complexity index is 1930. The average Bonchev–Trinajstić information content (AvgIpc) is 3.44. The van der Waals surface area contributed by atoms with Gasteiger partial charge in [-0.25, -0.2) is 4.98 Å². The maximum Gasteiger partial charge on any atom is 0.141 e. The Morgan fingerprint density at radius 2 is 1.53 bits per heavy atom. The molecule has 0 spiro atoms. The van der Waals surface area contributed by atoms with Crippen LogP contribution in [0.4, 0.5) is 0 Å². The summed E-state index contributed by atoms with van der Waals surface area (Å²) in [6.45, 7) is 0. The molecule has 0 aliphatic heterocycles. The first-order valence-electron chi connectivity index (χ1n) is 11.1. The predicted octanol–water partition coefficient (Wildman–Crippen LogP) is 8.09. The third kappa shape index (κ3) is 2.71. The van der Waals surface area contributed by atoms with Crippen LogP contribution in [-0.4, -0.2) is 9.55 Å². The summed E-state index contributed by atoms with van der Waals surface area (Å²) < 4.78 is 4.98. The van der Waals surface area contributed by atoms with E-state index in [2.05, 4.69) is 94.5 Å². The second-order valence-electron chi connectivity index (χ2n) is 8.36. The van der Waals surface area contributed by atoms with Crippen LogP contribution in [0.5, 0.6) is 0 Å². The van der Waals surface area contributed by atoms with Crippen LogP contribution in [0.15, 0.2) is 103 Å². The van der Waals surface area contributed by atoms with Crippen LogP contribution in [0.2, 0.25) is 0 Å². The lowest BCUT2D eigenvalue weighted by Crippen LogP contribution is -1.95. The standard InChI is InChI=1S/C30H17N3S/c31-18-20-8-6-12-25(32-20)19-7-5-9-21(17-19)33-26-13-3-1-11-24(26)29-27(33)16-15-23-22-10-2-4-14-28(22)34-30(23)29/h1-17H. The van der Waals surface area contributed by atoms with Crippen molar-refractivity contribution in [2.24, 2.45) is 0 Å². The Hall–Kier alpha value is -4.46. The Morgan fingerprint density at radius 3 is 2.44 bits per heavy atom. The fourth-order valence-corrected chi connectivity index (χ4v) is 6.23. The number of nitriles is 1. The van der Waals surface area contributed by atoms with Gasteiger partial charge in [0.05, 0.1) is 16.7 Å². The highest BCUT2D eigenvalue weighted by Gasteiger charge is 2.17. The van der Waals surface area contributed by atoms with E-state index in [1.54, 1.807) is 6.07 Å². The van der Waals surface area contributed by atoms with Gasteiger partial charge >= 0.3 is 0 Å². The molecule has 0 saturated carbocycles. The number of aromatic nitrogens is 2. The van der Waals surface area contributed by atoms with Crippen LogP contribution >= 0.6 is 11.3 Å². The molecular weight excluding hydrogens is 434 g/mol. The van der Waals surface area contributed by atoms with Crippen molar-refractivity contribution < 1.29 is 0 Å². The summed E-state index contributed by atoms with van der Waals surface area (Å²) in [6.07, 6.45) is 0. The third-order valence-corrected chi connectivity index (χ3v) is 7.65. The van der Waals surface area contributed by atoms with E-state index < -0.39 is 0 Å². The minimum absolute atomic E-state index is 0.423. The molecule has 0 radical (unpaired) electrons. The van der Waals surface area contributed by atoms with Crippen LogP contribution in [0.1, 0.15) is 5.69 Å². The Morgan fingerprint density at radius 1 is 0.706 bits per heavy atom. The van der Waals surface area contributed by atoms with Crippen molar-refractivity contribution in [2.45, 2.75) is 0 Å². The van der Waals surface area contributed by atoms with Crippen LogP contribution in [0.3, 0.4) is 0 Å². The zero-order chi connectivity index (χ0) is 22.6. The molecule has 0 fully saturated rings. The van der Waals surface area contributed by atoms with Crippen molar-refractivity contribution in [1.29, 1.82) is 5.26 Å². The van der Waals surface area contributed by atoms with Gasteiger partial charge in [0.1, 0.15) is 11.8 Å². The second kappa shape index (κ2) is 7.28. The fraction of sp³-hybridized carbons (Fsp3) is 0. The maximum absolute atomic E-state index is 9.27. The van der Waals surface area contributed by atoms with E-state index in [4.69, 9.17) is 0 Å². The summed E-state index contributed by atoms with van der Waals surface area (Å²) in [5.41, 5.74) is 5.66. The first-order valence-corrected chi connectivity index (χ1v) is 11.9. The first-order chi connectivity index (χ1) is 16.8. The SMILES string of the molecule is N#Cc1cccc(-c2cccc(-n3c4ccccc4c4c5sc6ccccc6c5ccc43)c2)n1. The Balaban J connectivity index is 1.55. The number of thiophene rings is 1. The summed E-state index contributed by atoms with van der Waals surface area (Å²) in [5, 5.41) is 14.4. The van der Waals surface area contributed by atoms with Crippen molar-refractivity contribution in [3.05, 3.63) is 109 Å². The van der Waals surface area contributed by atoms with Crippen LogP contribution in [-0.2, 0) is 0 Å². The fourth-order valence-electron chi connectivity index (χ4n) is 4.98.